The molecule has 0 radical (unpaired) electrons. The van der Waals surface area contributed by atoms with E-state index in [4.69, 9.17) is 4.74 Å². The van der Waals surface area contributed by atoms with Gasteiger partial charge in [0.25, 0.3) is 0 Å². The van der Waals surface area contributed by atoms with Crippen LogP contribution in [0.3, 0.4) is 0 Å². The van der Waals surface area contributed by atoms with E-state index in [9.17, 15) is 0 Å². The average molecular weight is 301 g/mol. The maximum absolute atomic E-state index is 5.99. The third kappa shape index (κ3) is 2.94. The van der Waals surface area contributed by atoms with Gasteiger partial charge in [0.2, 0.25) is 0 Å². The minimum absolute atomic E-state index is 0.255. The molecule has 3 rings (SSSR count). The van der Waals surface area contributed by atoms with E-state index in [0.717, 1.165) is 16.4 Å². The summed E-state index contributed by atoms with van der Waals surface area (Å²) in [5.74, 6) is 0.916. The maximum Gasteiger partial charge on any atom is 0.193 e. The topological polar surface area (TPSA) is 38.6 Å². The Morgan fingerprint density at radius 2 is 2.29 bits per heavy atom. The Hall–Kier alpha value is -1.85. The number of fused-ring (bicyclic) bond motifs is 1. The predicted octanol–water partition coefficient (Wildman–Crippen LogP) is 3.56. The summed E-state index contributed by atoms with van der Waals surface area (Å²) in [5, 5.41) is 5.29. The van der Waals surface area contributed by atoms with Gasteiger partial charge in [0.1, 0.15) is 12.4 Å². The van der Waals surface area contributed by atoms with Crippen LogP contribution in [0, 0.1) is 6.92 Å². The van der Waals surface area contributed by atoms with Crippen LogP contribution in [0.5, 0.6) is 5.75 Å². The second kappa shape index (κ2) is 5.87. The minimum atomic E-state index is 0.255. The van der Waals surface area contributed by atoms with E-state index in [-0.39, 0.29) is 6.04 Å². The van der Waals surface area contributed by atoms with Gasteiger partial charge in [0.15, 0.2) is 4.96 Å². The van der Waals surface area contributed by atoms with E-state index in [1.165, 1.54) is 11.1 Å². The molecule has 21 heavy (non-hydrogen) atoms. The van der Waals surface area contributed by atoms with Crippen LogP contribution in [0.25, 0.3) is 4.96 Å². The highest BCUT2D eigenvalue weighted by Gasteiger charge is 2.11. The van der Waals surface area contributed by atoms with Crippen LogP contribution >= 0.6 is 11.3 Å². The molecule has 1 aromatic carbocycles. The van der Waals surface area contributed by atoms with Crippen molar-refractivity contribution in [3.8, 4) is 5.75 Å². The lowest BCUT2D eigenvalue weighted by Crippen LogP contribution is -2.14. The molecule has 1 unspecified atom stereocenters. The van der Waals surface area contributed by atoms with Gasteiger partial charge in [-0.1, -0.05) is 17.7 Å². The summed E-state index contributed by atoms with van der Waals surface area (Å²) in [5.41, 5.74) is 3.37. The Kier molecular flexibility index (Phi) is 3.94. The third-order valence-electron chi connectivity index (χ3n) is 3.58. The zero-order valence-corrected chi connectivity index (χ0v) is 13.3. The van der Waals surface area contributed by atoms with Crippen LogP contribution in [0.15, 0.2) is 36.0 Å². The van der Waals surface area contributed by atoms with Crippen molar-refractivity contribution in [2.45, 2.75) is 26.5 Å². The van der Waals surface area contributed by atoms with Crippen LogP contribution < -0.4 is 10.1 Å². The molecular weight excluding hydrogens is 282 g/mol. The Labute approximate surface area is 128 Å². The number of imidazole rings is 1. The van der Waals surface area contributed by atoms with Crippen LogP contribution in [0.1, 0.15) is 29.8 Å². The number of hydrogen-bond acceptors (Lipinski definition) is 4. The van der Waals surface area contributed by atoms with Crippen molar-refractivity contribution in [2.24, 2.45) is 0 Å². The Balaban J connectivity index is 1.79. The van der Waals surface area contributed by atoms with Crippen molar-refractivity contribution in [3.05, 3.63) is 52.8 Å². The van der Waals surface area contributed by atoms with E-state index in [2.05, 4.69) is 36.3 Å². The van der Waals surface area contributed by atoms with Crippen LogP contribution in [-0.4, -0.2) is 16.4 Å². The highest BCUT2D eigenvalue weighted by atomic mass is 32.1. The van der Waals surface area contributed by atoms with Crippen molar-refractivity contribution >= 4 is 16.3 Å². The summed E-state index contributed by atoms with van der Waals surface area (Å²) in [6.07, 6.45) is 4.03. The number of rotatable bonds is 5. The van der Waals surface area contributed by atoms with Crippen molar-refractivity contribution in [3.63, 3.8) is 0 Å². The molecule has 1 atom stereocenters. The highest BCUT2D eigenvalue weighted by Crippen LogP contribution is 2.27. The second-order valence-electron chi connectivity index (χ2n) is 5.17. The number of ether oxygens (including phenoxy) is 1. The van der Waals surface area contributed by atoms with Gasteiger partial charge in [0, 0.05) is 29.4 Å². The largest absolute Gasteiger partial charge is 0.487 e. The quantitative estimate of drug-likeness (QED) is 0.783. The first-order chi connectivity index (χ1) is 10.2. The van der Waals surface area contributed by atoms with Crippen molar-refractivity contribution in [1.82, 2.24) is 14.7 Å². The molecule has 0 saturated carbocycles. The van der Waals surface area contributed by atoms with Crippen LogP contribution in [0.2, 0.25) is 0 Å². The monoisotopic (exact) mass is 301 g/mol. The van der Waals surface area contributed by atoms with Gasteiger partial charge in [-0.25, -0.2) is 4.98 Å². The molecule has 0 amide bonds. The van der Waals surface area contributed by atoms with Crippen LogP contribution in [-0.2, 0) is 6.61 Å². The predicted molar refractivity (Wildman–Crippen MR) is 86.1 cm³/mol. The molecule has 0 aliphatic rings. The van der Waals surface area contributed by atoms with Gasteiger partial charge in [-0.15, -0.1) is 11.3 Å². The molecule has 3 aromatic rings. The molecular formula is C16H19N3OS. The molecule has 4 nitrogen and oxygen atoms in total. The molecule has 5 heteroatoms. The minimum Gasteiger partial charge on any atom is -0.487 e. The Morgan fingerprint density at radius 3 is 3.05 bits per heavy atom. The van der Waals surface area contributed by atoms with E-state index in [1.807, 2.05) is 35.3 Å². The number of nitrogens with one attached hydrogen (secondary N) is 1. The second-order valence-corrected chi connectivity index (χ2v) is 6.04. The van der Waals surface area contributed by atoms with Crippen molar-refractivity contribution < 1.29 is 4.74 Å². The average Bonchev–Trinajstić information content (AvgIpc) is 3.06. The first-order valence-corrected chi connectivity index (χ1v) is 7.87. The lowest BCUT2D eigenvalue weighted by molar-refractivity contribution is 0.296. The molecule has 0 fully saturated rings. The Morgan fingerprint density at radius 1 is 1.43 bits per heavy atom. The molecule has 0 saturated heterocycles. The lowest BCUT2D eigenvalue weighted by Gasteiger charge is -2.17. The number of aryl methyl sites for hydroxylation is 1. The summed E-state index contributed by atoms with van der Waals surface area (Å²) in [6.45, 7) is 4.72. The molecule has 110 valence electrons. The standard InChI is InChI=1S/C16H19N3OS/c1-11-4-5-15(14(8-11)12(2)17-3)20-10-13-9-19-6-7-21-16(19)18-13/h4-9,12,17H,10H2,1-3H3. The fourth-order valence-corrected chi connectivity index (χ4v) is 3.01. The third-order valence-corrected chi connectivity index (χ3v) is 4.35. The zero-order valence-electron chi connectivity index (χ0n) is 12.5. The summed E-state index contributed by atoms with van der Waals surface area (Å²) in [7, 11) is 1.96. The molecule has 1 N–H and O–H groups in total. The molecule has 0 aliphatic heterocycles. The van der Waals surface area contributed by atoms with Gasteiger partial charge in [-0.3, -0.25) is 4.40 Å². The molecule has 0 aliphatic carbocycles. The fraction of sp³-hybridized carbons (Fsp3) is 0.312. The SMILES string of the molecule is CNC(C)c1cc(C)ccc1OCc1cn2ccsc2n1. The van der Waals surface area contributed by atoms with Crippen LogP contribution in [0.4, 0.5) is 0 Å². The maximum atomic E-state index is 5.99. The lowest BCUT2D eigenvalue weighted by atomic mass is 10.0. The smallest absolute Gasteiger partial charge is 0.193 e. The molecule has 0 bridgehead atoms. The normalized spacial score (nSPS) is 12.7. The van der Waals surface area contributed by atoms with Crippen molar-refractivity contribution in [1.29, 1.82) is 0 Å². The van der Waals surface area contributed by atoms with Gasteiger partial charge >= 0.3 is 0 Å². The number of benzene rings is 1. The fourth-order valence-electron chi connectivity index (χ4n) is 2.29. The van der Waals surface area contributed by atoms with E-state index in [0.29, 0.717) is 6.61 Å². The van der Waals surface area contributed by atoms with Gasteiger partial charge in [0.05, 0.1) is 5.69 Å². The first kappa shape index (κ1) is 14.1. The number of thiazole rings is 1. The highest BCUT2D eigenvalue weighted by molar-refractivity contribution is 7.15. The van der Waals surface area contributed by atoms with Crippen molar-refractivity contribution in [2.75, 3.05) is 7.05 Å². The number of hydrogen-bond donors (Lipinski definition) is 1. The summed E-state index contributed by atoms with van der Waals surface area (Å²) in [4.78, 5) is 5.54. The molecule has 2 heterocycles. The Bertz CT molecular complexity index is 718. The van der Waals surface area contributed by atoms with E-state index >= 15 is 0 Å². The summed E-state index contributed by atoms with van der Waals surface area (Å²) < 4.78 is 8.01. The molecule has 2 aromatic heterocycles. The molecule has 0 spiro atoms. The summed E-state index contributed by atoms with van der Waals surface area (Å²) >= 11 is 1.63. The summed E-state index contributed by atoms with van der Waals surface area (Å²) in [6, 6.07) is 6.54. The first-order valence-electron chi connectivity index (χ1n) is 6.99. The zero-order chi connectivity index (χ0) is 14.8. The van der Waals surface area contributed by atoms with Gasteiger partial charge in [-0.2, -0.15) is 0 Å². The van der Waals surface area contributed by atoms with E-state index in [1.54, 1.807) is 11.3 Å². The van der Waals surface area contributed by atoms with E-state index < -0.39 is 0 Å². The van der Waals surface area contributed by atoms with Gasteiger partial charge in [-0.05, 0) is 27.0 Å². The number of aromatic nitrogens is 2. The number of nitrogens with zero attached hydrogens (tertiary/aromatic N) is 2. The van der Waals surface area contributed by atoms with Gasteiger partial charge < -0.3 is 10.1 Å².